The van der Waals surface area contributed by atoms with Gasteiger partial charge in [-0.3, -0.25) is 4.90 Å². The van der Waals surface area contributed by atoms with Crippen LogP contribution in [0.5, 0.6) is 0 Å². The van der Waals surface area contributed by atoms with Crippen molar-refractivity contribution in [2.75, 3.05) is 32.0 Å². The number of likely N-dealkylation sites (tertiary alicyclic amines) is 1. The maximum absolute atomic E-state index is 5.97. The van der Waals surface area contributed by atoms with E-state index in [9.17, 15) is 0 Å². The lowest BCUT2D eigenvalue weighted by Gasteiger charge is -2.38. The number of piperidine rings is 1. The molecule has 1 aromatic rings. The number of nitrogens with zero attached hydrogens (tertiary/aromatic N) is 1. The molecule has 0 aliphatic carbocycles. The Morgan fingerprint density at radius 2 is 2.11 bits per heavy atom. The first kappa shape index (κ1) is 12.9. The molecule has 3 rings (SSSR count). The molecule has 1 spiro atoms. The van der Waals surface area contributed by atoms with Gasteiger partial charge in [0.1, 0.15) is 0 Å². The quantitative estimate of drug-likeness (QED) is 0.827. The highest BCUT2D eigenvalue weighted by atomic mass is 16.7. The minimum Gasteiger partial charge on any atom is -0.399 e. The van der Waals surface area contributed by atoms with Crippen LogP contribution in [-0.2, 0) is 16.0 Å². The summed E-state index contributed by atoms with van der Waals surface area (Å²) in [7, 11) is 0. The van der Waals surface area contributed by atoms with Crippen LogP contribution in [0.3, 0.4) is 0 Å². The van der Waals surface area contributed by atoms with Crippen molar-refractivity contribution in [3.05, 3.63) is 29.3 Å². The van der Waals surface area contributed by atoms with Crippen LogP contribution in [0.25, 0.3) is 0 Å². The van der Waals surface area contributed by atoms with E-state index in [2.05, 4.69) is 17.9 Å². The molecule has 2 heterocycles. The molecule has 0 aromatic heterocycles. The monoisotopic (exact) mass is 262 g/mol. The summed E-state index contributed by atoms with van der Waals surface area (Å²) in [4.78, 5) is 2.41. The van der Waals surface area contributed by atoms with Crippen molar-refractivity contribution in [1.82, 2.24) is 4.90 Å². The Morgan fingerprint density at radius 1 is 1.32 bits per heavy atom. The van der Waals surface area contributed by atoms with Gasteiger partial charge in [-0.25, -0.2) is 0 Å². The van der Waals surface area contributed by atoms with Crippen LogP contribution in [0.2, 0.25) is 0 Å². The molecule has 2 N–H and O–H groups in total. The van der Waals surface area contributed by atoms with E-state index in [0.717, 1.165) is 51.4 Å². The summed E-state index contributed by atoms with van der Waals surface area (Å²) < 4.78 is 11.6. The van der Waals surface area contributed by atoms with Crippen LogP contribution in [0.4, 0.5) is 5.69 Å². The van der Waals surface area contributed by atoms with Gasteiger partial charge in [0.15, 0.2) is 5.79 Å². The number of anilines is 1. The molecule has 4 heteroatoms. The standard InChI is InChI=1S/C15H22N2O2/c1-12-13(4-2-5-14(12)16)10-17-7-3-6-15(11-17)18-8-9-19-15/h2,4-5H,3,6-11,16H2,1H3. The van der Waals surface area contributed by atoms with Gasteiger partial charge in [0.2, 0.25) is 0 Å². The van der Waals surface area contributed by atoms with E-state index in [0.29, 0.717) is 0 Å². The third-order valence-corrected chi connectivity index (χ3v) is 4.19. The average molecular weight is 262 g/mol. The van der Waals surface area contributed by atoms with Crippen LogP contribution in [0, 0.1) is 6.92 Å². The smallest absolute Gasteiger partial charge is 0.181 e. The molecule has 0 unspecified atom stereocenters. The Morgan fingerprint density at radius 3 is 2.89 bits per heavy atom. The van der Waals surface area contributed by atoms with Crippen LogP contribution in [-0.4, -0.2) is 37.0 Å². The molecule has 0 atom stereocenters. The molecule has 0 saturated carbocycles. The molecule has 0 amide bonds. The Kier molecular flexibility index (Phi) is 3.48. The topological polar surface area (TPSA) is 47.7 Å². The van der Waals surface area contributed by atoms with Gasteiger partial charge >= 0.3 is 0 Å². The van der Waals surface area contributed by atoms with E-state index in [1.807, 2.05) is 12.1 Å². The highest BCUT2D eigenvalue weighted by Crippen LogP contribution is 2.31. The molecular weight excluding hydrogens is 240 g/mol. The van der Waals surface area contributed by atoms with Gasteiger partial charge in [-0.2, -0.15) is 0 Å². The van der Waals surface area contributed by atoms with Crippen LogP contribution >= 0.6 is 0 Å². The van der Waals surface area contributed by atoms with Crippen molar-refractivity contribution in [3.8, 4) is 0 Å². The molecule has 0 bridgehead atoms. The molecule has 2 aliphatic rings. The summed E-state index contributed by atoms with van der Waals surface area (Å²) in [6.45, 7) is 6.43. The van der Waals surface area contributed by atoms with E-state index in [1.165, 1.54) is 11.1 Å². The van der Waals surface area contributed by atoms with Gasteiger partial charge in [-0.1, -0.05) is 12.1 Å². The lowest BCUT2D eigenvalue weighted by Crippen LogP contribution is -2.48. The normalized spacial score (nSPS) is 23.0. The molecular formula is C15H22N2O2. The van der Waals surface area contributed by atoms with E-state index in [-0.39, 0.29) is 5.79 Å². The lowest BCUT2D eigenvalue weighted by molar-refractivity contribution is -0.190. The number of rotatable bonds is 2. The number of nitrogens with two attached hydrogens (primary N) is 1. The largest absolute Gasteiger partial charge is 0.399 e. The Balaban J connectivity index is 1.71. The number of hydrogen-bond donors (Lipinski definition) is 1. The number of hydrogen-bond acceptors (Lipinski definition) is 4. The second-order valence-electron chi connectivity index (χ2n) is 5.55. The van der Waals surface area contributed by atoms with E-state index >= 15 is 0 Å². The summed E-state index contributed by atoms with van der Waals surface area (Å²) in [5.41, 5.74) is 9.34. The summed E-state index contributed by atoms with van der Waals surface area (Å²) in [5.74, 6) is -0.341. The maximum atomic E-state index is 5.97. The van der Waals surface area contributed by atoms with Gasteiger partial charge in [-0.15, -0.1) is 0 Å². The van der Waals surface area contributed by atoms with E-state index in [1.54, 1.807) is 0 Å². The fourth-order valence-corrected chi connectivity index (χ4v) is 3.05. The molecule has 1 aromatic carbocycles. The highest BCUT2D eigenvalue weighted by molar-refractivity contribution is 5.49. The first-order valence-corrected chi connectivity index (χ1v) is 7.03. The fraction of sp³-hybridized carbons (Fsp3) is 0.600. The van der Waals surface area contributed by atoms with E-state index < -0.39 is 0 Å². The minimum absolute atomic E-state index is 0.341. The summed E-state index contributed by atoms with van der Waals surface area (Å²) in [6.07, 6.45) is 2.14. The van der Waals surface area contributed by atoms with Crippen molar-refractivity contribution in [1.29, 1.82) is 0 Å². The molecule has 2 fully saturated rings. The molecule has 19 heavy (non-hydrogen) atoms. The SMILES string of the molecule is Cc1c(N)cccc1CN1CCCC2(C1)OCCO2. The van der Waals surface area contributed by atoms with Gasteiger partial charge < -0.3 is 15.2 Å². The van der Waals surface area contributed by atoms with Crippen LogP contribution in [0.1, 0.15) is 24.0 Å². The Labute approximate surface area is 114 Å². The van der Waals surface area contributed by atoms with Gasteiger partial charge in [0.25, 0.3) is 0 Å². The average Bonchev–Trinajstić information content (AvgIpc) is 2.83. The number of ether oxygens (including phenoxy) is 2. The summed E-state index contributed by atoms with van der Waals surface area (Å²) in [6, 6.07) is 6.14. The fourth-order valence-electron chi connectivity index (χ4n) is 3.05. The Hall–Kier alpha value is -1.10. The maximum Gasteiger partial charge on any atom is 0.181 e. The molecule has 2 saturated heterocycles. The zero-order chi connectivity index (χ0) is 13.3. The van der Waals surface area contributed by atoms with Crippen molar-refractivity contribution in [2.24, 2.45) is 0 Å². The number of nitrogen functional groups attached to an aromatic ring is 1. The van der Waals surface area contributed by atoms with Gasteiger partial charge in [0.05, 0.1) is 19.8 Å². The third kappa shape index (κ3) is 2.61. The van der Waals surface area contributed by atoms with Crippen molar-refractivity contribution in [3.63, 3.8) is 0 Å². The second-order valence-corrected chi connectivity index (χ2v) is 5.55. The summed E-state index contributed by atoms with van der Waals surface area (Å²) >= 11 is 0. The van der Waals surface area contributed by atoms with Gasteiger partial charge in [-0.05, 0) is 37.1 Å². The van der Waals surface area contributed by atoms with Crippen LogP contribution < -0.4 is 5.73 Å². The predicted molar refractivity (Wildman–Crippen MR) is 74.7 cm³/mol. The number of benzene rings is 1. The predicted octanol–water partition coefficient (Wildman–Crippen LogP) is 1.92. The zero-order valence-electron chi connectivity index (χ0n) is 11.5. The third-order valence-electron chi connectivity index (χ3n) is 4.19. The molecule has 104 valence electrons. The molecule has 2 aliphatic heterocycles. The van der Waals surface area contributed by atoms with Crippen LogP contribution in [0.15, 0.2) is 18.2 Å². The Bertz CT molecular complexity index is 455. The second kappa shape index (κ2) is 5.12. The van der Waals surface area contributed by atoms with Crippen molar-refractivity contribution >= 4 is 5.69 Å². The first-order chi connectivity index (χ1) is 9.19. The van der Waals surface area contributed by atoms with Gasteiger partial charge in [0, 0.05) is 18.7 Å². The molecule has 4 nitrogen and oxygen atoms in total. The minimum atomic E-state index is -0.341. The lowest BCUT2D eigenvalue weighted by atomic mass is 10.0. The van der Waals surface area contributed by atoms with Crippen molar-refractivity contribution < 1.29 is 9.47 Å². The zero-order valence-corrected chi connectivity index (χ0v) is 11.5. The highest BCUT2D eigenvalue weighted by Gasteiger charge is 2.40. The summed E-state index contributed by atoms with van der Waals surface area (Å²) in [5, 5.41) is 0. The molecule has 0 radical (unpaired) electrons. The first-order valence-electron chi connectivity index (χ1n) is 7.03. The van der Waals surface area contributed by atoms with E-state index in [4.69, 9.17) is 15.2 Å². The van der Waals surface area contributed by atoms with Crippen molar-refractivity contribution in [2.45, 2.75) is 32.1 Å².